The number of amides is 2. The molecule has 0 radical (unpaired) electrons. The van der Waals surface area contributed by atoms with Gasteiger partial charge in [-0.05, 0) is 78.7 Å². The smallest absolute Gasteiger partial charge is 0.291 e. The average molecular weight is 548 g/mol. The number of hydrogen-bond donors (Lipinski definition) is 1. The van der Waals surface area contributed by atoms with Gasteiger partial charge in [-0.3, -0.25) is 9.59 Å². The fraction of sp³-hybridized carbons (Fsp3) is 0.200. The summed E-state index contributed by atoms with van der Waals surface area (Å²) >= 11 is 12.3. The summed E-state index contributed by atoms with van der Waals surface area (Å²) in [7, 11) is 0. The van der Waals surface area contributed by atoms with Gasteiger partial charge in [0.1, 0.15) is 5.76 Å². The van der Waals surface area contributed by atoms with Gasteiger partial charge in [-0.1, -0.05) is 42.3 Å². The highest BCUT2D eigenvalue weighted by Crippen LogP contribution is 2.32. The monoisotopic (exact) mass is 547 g/mol. The molecular formula is C30H27Cl2N3O3. The van der Waals surface area contributed by atoms with Gasteiger partial charge in [0, 0.05) is 53.7 Å². The van der Waals surface area contributed by atoms with E-state index in [9.17, 15) is 9.59 Å². The number of anilines is 2. The van der Waals surface area contributed by atoms with Crippen LogP contribution in [0.3, 0.4) is 0 Å². The molecule has 1 aromatic heterocycles. The first-order valence-electron chi connectivity index (χ1n) is 12.5. The second kappa shape index (κ2) is 11.3. The second-order valence-corrected chi connectivity index (χ2v) is 9.96. The number of nitrogens with one attached hydrogen (secondary N) is 1. The van der Waals surface area contributed by atoms with E-state index in [2.05, 4.69) is 17.1 Å². The molecule has 4 aromatic rings. The van der Waals surface area contributed by atoms with Crippen molar-refractivity contribution >= 4 is 46.4 Å². The number of halogens is 2. The molecule has 38 heavy (non-hydrogen) atoms. The molecule has 3 aromatic carbocycles. The van der Waals surface area contributed by atoms with Crippen molar-refractivity contribution in [3.8, 4) is 11.3 Å². The van der Waals surface area contributed by atoms with Crippen LogP contribution in [-0.4, -0.2) is 42.9 Å². The Kier molecular flexibility index (Phi) is 7.72. The molecule has 2 amide bonds. The van der Waals surface area contributed by atoms with Gasteiger partial charge in [-0.25, -0.2) is 0 Å². The first-order chi connectivity index (χ1) is 18.4. The normalized spacial score (nSPS) is 13.4. The largest absolute Gasteiger partial charge is 0.451 e. The Balaban J connectivity index is 1.17. The van der Waals surface area contributed by atoms with Crippen LogP contribution in [0.4, 0.5) is 11.4 Å². The van der Waals surface area contributed by atoms with E-state index in [0.29, 0.717) is 40.1 Å². The van der Waals surface area contributed by atoms with Gasteiger partial charge in [0.05, 0.1) is 5.02 Å². The van der Waals surface area contributed by atoms with Crippen molar-refractivity contribution in [2.45, 2.75) is 13.3 Å². The minimum Gasteiger partial charge on any atom is -0.451 e. The first kappa shape index (κ1) is 25.9. The second-order valence-electron chi connectivity index (χ2n) is 9.12. The highest BCUT2D eigenvalue weighted by atomic mass is 35.5. The summed E-state index contributed by atoms with van der Waals surface area (Å²) in [5.74, 6) is 0.351. The Hall–Kier alpha value is -3.74. The molecule has 0 aliphatic carbocycles. The van der Waals surface area contributed by atoms with Crippen molar-refractivity contribution in [3.63, 3.8) is 0 Å². The van der Waals surface area contributed by atoms with Crippen molar-refractivity contribution in [1.29, 1.82) is 0 Å². The van der Waals surface area contributed by atoms with Crippen LogP contribution >= 0.6 is 23.2 Å². The van der Waals surface area contributed by atoms with Gasteiger partial charge in [0.2, 0.25) is 0 Å². The molecule has 0 atom stereocenters. The third-order valence-corrected chi connectivity index (χ3v) is 7.25. The molecule has 194 valence electrons. The molecule has 1 fully saturated rings. The summed E-state index contributed by atoms with van der Waals surface area (Å²) in [6.07, 6.45) is 0.957. The summed E-state index contributed by atoms with van der Waals surface area (Å²) in [6.45, 7) is 4.90. The van der Waals surface area contributed by atoms with E-state index in [1.54, 1.807) is 30.3 Å². The summed E-state index contributed by atoms with van der Waals surface area (Å²) in [5.41, 5.74) is 4.27. The zero-order valence-electron chi connectivity index (χ0n) is 20.9. The Morgan fingerprint density at radius 2 is 1.58 bits per heavy atom. The molecule has 2 heterocycles. The van der Waals surface area contributed by atoms with Crippen molar-refractivity contribution in [2.75, 3.05) is 36.4 Å². The van der Waals surface area contributed by atoms with E-state index < -0.39 is 0 Å². The number of nitrogens with zero attached hydrogens (tertiary/aromatic N) is 2. The summed E-state index contributed by atoms with van der Waals surface area (Å²) in [4.78, 5) is 29.7. The number of benzene rings is 3. The van der Waals surface area contributed by atoms with Crippen molar-refractivity contribution in [2.24, 2.45) is 0 Å². The van der Waals surface area contributed by atoms with Crippen molar-refractivity contribution in [1.82, 2.24) is 4.90 Å². The Bertz CT molecular complexity index is 1440. The van der Waals surface area contributed by atoms with Crippen LogP contribution in [-0.2, 0) is 6.42 Å². The number of hydrogen-bond acceptors (Lipinski definition) is 4. The molecule has 0 spiro atoms. The third kappa shape index (κ3) is 5.72. The highest BCUT2D eigenvalue weighted by molar-refractivity contribution is 6.35. The molecule has 1 saturated heterocycles. The maximum atomic E-state index is 12.9. The van der Waals surface area contributed by atoms with Crippen LogP contribution in [0.5, 0.6) is 0 Å². The highest BCUT2D eigenvalue weighted by Gasteiger charge is 2.22. The quantitative estimate of drug-likeness (QED) is 0.281. The van der Waals surface area contributed by atoms with Crippen LogP contribution in [0.2, 0.25) is 10.0 Å². The molecule has 0 bridgehead atoms. The van der Waals surface area contributed by atoms with E-state index in [0.717, 1.165) is 30.8 Å². The predicted octanol–water partition coefficient (Wildman–Crippen LogP) is 7.03. The molecule has 1 aliphatic rings. The number of carbonyl (C=O) groups is 2. The minimum absolute atomic E-state index is 0.0732. The van der Waals surface area contributed by atoms with Gasteiger partial charge in [-0.2, -0.15) is 0 Å². The van der Waals surface area contributed by atoms with Crippen LogP contribution < -0.4 is 10.2 Å². The average Bonchev–Trinajstić information content (AvgIpc) is 3.45. The van der Waals surface area contributed by atoms with E-state index in [-0.39, 0.29) is 17.6 Å². The Labute approximate surface area is 231 Å². The topological polar surface area (TPSA) is 65.8 Å². The summed E-state index contributed by atoms with van der Waals surface area (Å²) in [5, 5.41) is 3.88. The number of aryl methyl sites for hydroxylation is 1. The fourth-order valence-electron chi connectivity index (χ4n) is 4.47. The first-order valence-corrected chi connectivity index (χ1v) is 13.3. The lowest BCUT2D eigenvalue weighted by Crippen LogP contribution is -2.48. The molecule has 6 nitrogen and oxygen atoms in total. The lowest BCUT2D eigenvalue weighted by Gasteiger charge is -2.36. The maximum Gasteiger partial charge on any atom is 0.291 e. The predicted molar refractivity (Wildman–Crippen MR) is 152 cm³/mol. The maximum absolute atomic E-state index is 12.9. The van der Waals surface area contributed by atoms with E-state index in [1.807, 2.05) is 53.4 Å². The fourth-order valence-corrected chi connectivity index (χ4v) is 4.86. The Morgan fingerprint density at radius 3 is 2.26 bits per heavy atom. The van der Waals surface area contributed by atoms with E-state index in [1.165, 1.54) is 5.56 Å². The molecular weight excluding hydrogens is 521 g/mol. The molecule has 0 unspecified atom stereocenters. The number of furan rings is 1. The van der Waals surface area contributed by atoms with Gasteiger partial charge in [0.25, 0.3) is 11.8 Å². The third-order valence-electron chi connectivity index (χ3n) is 6.69. The van der Waals surface area contributed by atoms with Crippen molar-refractivity contribution < 1.29 is 14.0 Å². The van der Waals surface area contributed by atoms with Crippen LogP contribution in [0.15, 0.2) is 83.3 Å². The molecule has 0 saturated carbocycles. The van der Waals surface area contributed by atoms with Crippen LogP contribution in [0, 0.1) is 0 Å². The number of piperazine rings is 1. The molecule has 1 aliphatic heterocycles. The van der Waals surface area contributed by atoms with Gasteiger partial charge < -0.3 is 19.5 Å². The summed E-state index contributed by atoms with van der Waals surface area (Å²) < 4.78 is 5.74. The number of rotatable bonds is 6. The summed E-state index contributed by atoms with van der Waals surface area (Å²) in [6, 6.07) is 23.9. The zero-order chi connectivity index (χ0) is 26.6. The minimum atomic E-state index is -0.360. The van der Waals surface area contributed by atoms with Crippen molar-refractivity contribution in [3.05, 3.63) is 106 Å². The lowest BCUT2D eigenvalue weighted by atomic mass is 10.1. The zero-order valence-corrected chi connectivity index (χ0v) is 22.4. The van der Waals surface area contributed by atoms with Gasteiger partial charge in [-0.15, -0.1) is 0 Å². The van der Waals surface area contributed by atoms with E-state index >= 15 is 0 Å². The van der Waals surface area contributed by atoms with E-state index in [4.69, 9.17) is 27.6 Å². The molecule has 5 rings (SSSR count). The van der Waals surface area contributed by atoms with Gasteiger partial charge in [0.15, 0.2) is 5.76 Å². The standard InChI is InChI=1S/C30H27Cl2N3O3/c1-2-20-3-5-21(6-4-20)30(37)35-17-15-34(16-18-35)24-10-8-23(9-11-24)33-29(36)28-14-13-27(38-28)25-19-22(31)7-12-26(25)32/h3-14,19H,2,15-18H2,1H3,(H,33,36). The number of carbonyl (C=O) groups excluding carboxylic acids is 2. The van der Waals surface area contributed by atoms with Gasteiger partial charge >= 0.3 is 0 Å². The SMILES string of the molecule is CCc1ccc(C(=O)N2CCN(c3ccc(NC(=O)c4ccc(-c5cc(Cl)ccc5Cl)o4)cc3)CC2)cc1. The molecule has 8 heteroatoms. The Morgan fingerprint density at radius 1 is 0.868 bits per heavy atom. The van der Waals surface area contributed by atoms with Crippen LogP contribution in [0.25, 0.3) is 11.3 Å². The molecule has 1 N–H and O–H groups in total. The van der Waals surface area contributed by atoms with Crippen LogP contribution in [0.1, 0.15) is 33.4 Å². The lowest BCUT2D eigenvalue weighted by molar-refractivity contribution is 0.0746.